The second-order valence-corrected chi connectivity index (χ2v) is 6.67. The molecule has 0 aromatic carbocycles. The molecule has 116 valence electrons. The minimum atomic E-state index is -0.657. The number of hydrogen-bond acceptors (Lipinski definition) is 6. The largest absolute Gasteiger partial charge is 0.374 e. The first-order chi connectivity index (χ1) is 9.85. The highest BCUT2D eigenvalue weighted by Crippen LogP contribution is 2.26. The predicted molar refractivity (Wildman–Crippen MR) is 80.5 cm³/mol. The van der Waals surface area contributed by atoms with E-state index in [1.807, 2.05) is 20.8 Å². The second-order valence-electron chi connectivity index (χ2n) is 5.66. The Balaban J connectivity index is 2.08. The van der Waals surface area contributed by atoms with Crippen LogP contribution in [-0.2, 0) is 15.1 Å². The maximum atomic E-state index is 12.5. The number of amides is 2. The Kier molecular flexibility index (Phi) is 4.46. The van der Waals surface area contributed by atoms with Crippen molar-refractivity contribution in [3.63, 3.8) is 0 Å². The molecule has 0 saturated carbocycles. The van der Waals surface area contributed by atoms with Gasteiger partial charge >= 0.3 is 0 Å². The molecule has 1 aromatic heterocycles. The van der Waals surface area contributed by atoms with Crippen LogP contribution in [0, 0.1) is 0 Å². The number of rotatable bonds is 4. The van der Waals surface area contributed by atoms with Crippen LogP contribution in [0.5, 0.6) is 0 Å². The molecular weight excluding hydrogens is 290 g/mol. The summed E-state index contributed by atoms with van der Waals surface area (Å²) in [7, 11) is 0. The maximum absolute atomic E-state index is 12.5. The van der Waals surface area contributed by atoms with Crippen molar-refractivity contribution in [2.45, 2.75) is 51.6 Å². The number of carbonyl (C=O) groups excluding carboxylic acids is 2. The van der Waals surface area contributed by atoms with Gasteiger partial charge in [-0.3, -0.25) is 9.59 Å². The van der Waals surface area contributed by atoms with Gasteiger partial charge in [0.05, 0.1) is 5.54 Å². The topological polar surface area (TPSA) is 101 Å². The zero-order chi connectivity index (χ0) is 15.6. The van der Waals surface area contributed by atoms with Gasteiger partial charge in [0.25, 0.3) is 0 Å². The summed E-state index contributed by atoms with van der Waals surface area (Å²) in [6.45, 7) is 6.16. The number of anilines is 1. The summed E-state index contributed by atoms with van der Waals surface area (Å²) in [5, 5.41) is 11.7. The van der Waals surface area contributed by atoms with Gasteiger partial charge in [0.2, 0.25) is 16.9 Å². The van der Waals surface area contributed by atoms with Crippen molar-refractivity contribution < 1.29 is 9.59 Å². The van der Waals surface area contributed by atoms with Crippen LogP contribution < -0.4 is 11.1 Å². The fraction of sp³-hybridized carbons (Fsp3) is 0.692. The smallest absolute Gasteiger partial charge is 0.243 e. The Bertz CT molecular complexity index is 542. The van der Waals surface area contributed by atoms with Gasteiger partial charge in [0.15, 0.2) is 0 Å². The summed E-state index contributed by atoms with van der Waals surface area (Å²) in [6.07, 6.45) is 1.97. The van der Waals surface area contributed by atoms with Crippen molar-refractivity contribution >= 4 is 28.3 Å². The normalized spacial score (nSPS) is 18.8. The number of hydrogen-bond donors (Lipinski definition) is 2. The molecule has 0 radical (unpaired) electrons. The first-order valence-corrected chi connectivity index (χ1v) is 7.87. The van der Waals surface area contributed by atoms with E-state index in [0.29, 0.717) is 29.5 Å². The Morgan fingerprint density at radius 1 is 1.48 bits per heavy atom. The Morgan fingerprint density at radius 3 is 2.76 bits per heavy atom. The zero-order valence-corrected chi connectivity index (χ0v) is 13.4. The minimum Gasteiger partial charge on any atom is -0.374 e. The van der Waals surface area contributed by atoms with E-state index in [9.17, 15) is 9.59 Å². The van der Waals surface area contributed by atoms with Crippen LogP contribution in [0.1, 0.15) is 45.0 Å². The van der Waals surface area contributed by atoms with Gasteiger partial charge < -0.3 is 16.0 Å². The standard InChI is InChI=1S/C13H21N5O2S/c1-4-9(19)18-7-5-6-8(18)10(20)15-13(2,3)11-16-17-12(14)21-11/h8H,4-7H2,1-3H3,(H2,14,17)(H,15,20). The van der Waals surface area contributed by atoms with Gasteiger partial charge in [-0.25, -0.2) is 0 Å². The lowest BCUT2D eigenvalue weighted by Crippen LogP contribution is -2.51. The molecule has 1 aromatic rings. The van der Waals surface area contributed by atoms with Gasteiger partial charge in [-0.15, -0.1) is 10.2 Å². The summed E-state index contributed by atoms with van der Waals surface area (Å²) in [4.78, 5) is 26.0. The number of carbonyl (C=O) groups is 2. The van der Waals surface area contributed by atoms with Crippen molar-refractivity contribution in [3.05, 3.63) is 5.01 Å². The fourth-order valence-corrected chi connectivity index (χ4v) is 3.14. The lowest BCUT2D eigenvalue weighted by molar-refractivity contribution is -0.139. The summed E-state index contributed by atoms with van der Waals surface area (Å²) < 4.78 is 0. The average molecular weight is 311 g/mol. The fourth-order valence-electron chi connectivity index (χ4n) is 2.47. The zero-order valence-electron chi connectivity index (χ0n) is 12.5. The summed E-state index contributed by atoms with van der Waals surface area (Å²) in [6, 6.07) is -0.387. The number of likely N-dealkylation sites (tertiary alicyclic amines) is 1. The number of nitrogens with one attached hydrogen (secondary N) is 1. The van der Waals surface area contributed by atoms with E-state index in [4.69, 9.17) is 5.73 Å². The van der Waals surface area contributed by atoms with Crippen LogP contribution in [0.3, 0.4) is 0 Å². The van der Waals surface area contributed by atoms with Gasteiger partial charge in [-0.05, 0) is 26.7 Å². The van der Waals surface area contributed by atoms with Crippen molar-refractivity contribution in [1.82, 2.24) is 20.4 Å². The van der Waals surface area contributed by atoms with Crippen molar-refractivity contribution in [3.8, 4) is 0 Å². The molecule has 21 heavy (non-hydrogen) atoms. The molecule has 0 spiro atoms. The molecule has 7 nitrogen and oxygen atoms in total. The molecule has 1 fully saturated rings. The molecular formula is C13H21N5O2S. The summed E-state index contributed by atoms with van der Waals surface area (Å²) in [5.74, 6) is -0.126. The molecule has 1 atom stereocenters. The van der Waals surface area contributed by atoms with Gasteiger partial charge in [0.1, 0.15) is 11.0 Å². The van der Waals surface area contributed by atoms with E-state index in [1.165, 1.54) is 11.3 Å². The van der Waals surface area contributed by atoms with E-state index in [1.54, 1.807) is 4.90 Å². The first kappa shape index (κ1) is 15.7. The first-order valence-electron chi connectivity index (χ1n) is 7.06. The van der Waals surface area contributed by atoms with Gasteiger partial charge in [-0.1, -0.05) is 18.3 Å². The summed E-state index contributed by atoms with van der Waals surface area (Å²) >= 11 is 1.25. The lowest BCUT2D eigenvalue weighted by Gasteiger charge is -2.29. The van der Waals surface area contributed by atoms with E-state index in [-0.39, 0.29) is 17.9 Å². The van der Waals surface area contributed by atoms with E-state index in [2.05, 4.69) is 15.5 Å². The number of aromatic nitrogens is 2. The van der Waals surface area contributed by atoms with Crippen LogP contribution in [0.2, 0.25) is 0 Å². The molecule has 1 saturated heterocycles. The quantitative estimate of drug-likeness (QED) is 0.859. The van der Waals surface area contributed by atoms with Crippen molar-refractivity contribution in [2.24, 2.45) is 0 Å². The van der Waals surface area contributed by atoms with Crippen LogP contribution in [0.15, 0.2) is 0 Å². The third-order valence-electron chi connectivity index (χ3n) is 3.59. The molecule has 2 amide bonds. The average Bonchev–Trinajstić information content (AvgIpc) is 3.05. The molecule has 2 rings (SSSR count). The molecule has 1 unspecified atom stereocenters. The highest BCUT2D eigenvalue weighted by atomic mass is 32.1. The number of nitrogen functional groups attached to an aromatic ring is 1. The summed E-state index contributed by atoms with van der Waals surface area (Å²) in [5.41, 5.74) is 4.93. The molecule has 1 aliphatic heterocycles. The van der Waals surface area contributed by atoms with E-state index >= 15 is 0 Å². The van der Waals surface area contributed by atoms with Crippen molar-refractivity contribution in [1.29, 1.82) is 0 Å². The molecule has 0 bridgehead atoms. The van der Waals surface area contributed by atoms with Crippen molar-refractivity contribution in [2.75, 3.05) is 12.3 Å². The third-order valence-corrected chi connectivity index (χ3v) is 4.67. The second kappa shape index (κ2) is 5.97. The van der Waals surface area contributed by atoms with Crippen LogP contribution >= 0.6 is 11.3 Å². The monoisotopic (exact) mass is 311 g/mol. The van der Waals surface area contributed by atoms with E-state index in [0.717, 1.165) is 6.42 Å². The maximum Gasteiger partial charge on any atom is 0.243 e. The number of nitrogens with two attached hydrogens (primary N) is 1. The highest BCUT2D eigenvalue weighted by Gasteiger charge is 2.36. The van der Waals surface area contributed by atoms with Gasteiger partial charge in [-0.2, -0.15) is 0 Å². The highest BCUT2D eigenvalue weighted by molar-refractivity contribution is 7.15. The molecule has 8 heteroatoms. The Hall–Kier alpha value is -1.70. The van der Waals surface area contributed by atoms with Crippen LogP contribution in [0.25, 0.3) is 0 Å². The molecule has 1 aliphatic rings. The Morgan fingerprint density at radius 2 is 2.19 bits per heavy atom. The minimum absolute atomic E-state index is 0.0191. The van der Waals surface area contributed by atoms with Gasteiger partial charge in [0, 0.05) is 13.0 Å². The Labute approximate surface area is 127 Å². The molecule has 3 N–H and O–H groups in total. The van der Waals surface area contributed by atoms with Crippen LogP contribution in [-0.4, -0.2) is 39.5 Å². The number of nitrogens with zero attached hydrogens (tertiary/aromatic N) is 3. The third kappa shape index (κ3) is 3.31. The van der Waals surface area contributed by atoms with E-state index < -0.39 is 5.54 Å². The molecule has 2 heterocycles. The van der Waals surface area contributed by atoms with Crippen LogP contribution in [0.4, 0.5) is 5.13 Å². The lowest BCUT2D eigenvalue weighted by atomic mass is 10.1. The predicted octanol–water partition coefficient (Wildman–Crippen LogP) is 0.873. The molecule has 0 aliphatic carbocycles. The SMILES string of the molecule is CCC(=O)N1CCCC1C(=O)NC(C)(C)c1nnc(N)s1.